The third-order valence-electron chi connectivity index (χ3n) is 3.07. The predicted octanol–water partition coefficient (Wildman–Crippen LogP) is 0.635. The smallest absolute Gasteiger partial charge is 0.130 e. The Hall–Kier alpha value is -1.04. The minimum absolute atomic E-state index is 0.0490. The van der Waals surface area contributed by atoms with E-state index in [1.807, 2.05) is 0 Å². The number of aliphatic hydroxyl groups excluding tert-OH is 1. The topological polar surface area (TPSA) is 44.3 Å². The Balaban J connectivity index is 1.86. The van der Waals surface area contributed by atoms with Crippen LogP contribution in [0.25, 0.3) is 0 Å². The summed E-state index contributed by atoms with van der Waals surface area (Å²) in [6, 6.07) is 3.83. The van der Waals surface area contributed by atoms with Gasteiger partial charge in [0.15, 0.2) is 0 Å². The zero-order chi connectivity index (χ0) is 12.3. The highest BCUT2D eigenvalue weighted by Crippen LogP contribution is 2.12. The van der Waals surface area contributed by atoms with Gasteiger partial charge in [-0.05, 0) is 12.1 Å². The summed E-state index contributed by atoms with van der Waals surface area (Å²) < 4.78 is 26.6. The lowest BCUT2D eigenvalue weighted by molar-refractivity contribution is 0.146. The van der Waals surface area contributed by atoms with Crippen molar-refractivity contribution in [2.24, 2.45) is 5.92 Å². The fraction of sp³-hybridized carbons (Fsp3) is 0.500. The Bertz CT molecular complexity index is 367. The fourth-order valence-electron chi connectivity index (χ4n) is 2.01. The van der Waals surface area contributed by atoms with Crippen LogP contribution in [0.15, 0.2) is 18.2 Å². The van der Waals surface area contributed by atoms with E-state index in [2.05, 4.69) is 10.6 Å². The van der Waals surface area contributed by atoms with Crippen LogP contribution in [0.3, 0.4) is 0 Å². The molecule has 1 heterocycles. The molecule has 2 atom stereocenters. The maximum atomic E-state index is 13.3. The van der Waals surface area contributed by atoms with Gasteiger partial charge in [0.1, 0.15) is 11.6 Å². The van der Waals surface area contributed by atoms with Gasteiger partial charge >= 0.3 is 0 Å². The summed E-state index contributed by atoms with van der Waals surface area (Å²) in [4.78, 5) is 0. The molecular weight excluding hydrogens is 226 g/mol. The number of hydrogen-bond donors (Lipinski definition) is 3. The number of hydrogen-bond acceptors (Lipinski definition) is 3. The van der Waals surface area contributed by atoms with Gasteiger partial charge in [-0.3, -0.25) is 0 Å². The van der Waals surface area contributed by atoms with Gasteiger partial charge in [0, 0.05) is 37.7 Å². The molecule has 0 spiro atoms. The maximum Gasteiger partial charge on any atom is 0.130 e. The number of benzene rings is 1. The molecule has 1 aromatic carbocycles. The second-order valence-electron chi connectivity index (χ2n) is 4.32. The molecule has 0 saturated carbocycles. The van der Waals surface area contributed by atoms with Gasteiger partial charge in [0.05, 0.1) is 6.10 Å². The molecule has 2 unspecified atom stereocenters. The molecule has 1 saturated heterocycles. The Kier molecular flexibility index (Phi) is 4.04. The summed E-state index contributed by atoms with van der Waals surface area (Å²) in [6.07, 6.45) is -0.382. The van der Waals surface area contributed by atoms with E-state index < -0.39 is 11.6 Å². The molecule has 0 radical (unpaired) electrons. The summed E-state index contributed by atoms with van der Waals surface area (Å²) in [5, 5.41) is 15.6. The first-order chi connectivity index (χ1) is 8.18. The lowest BCUT2D eigenvalue weighted by Crippen LogP contribution is -2.30. The van der Waals surface area contributed by atoms with Crippen LogP contribution in [-0.4, -0.2) is 30.8 Å². The van der Waals surface area contributed by atoms with E-state index >= 15 is 0 Å². The number of β-amino-alcohol motifs (C(OH)–C–C–N with tert-alkyl or cyclic N) is 1. The summed E-state index contributed by atoms with van der Waals surface area (Å²) in [6.45, 7) is 2.00. The maximum absolute atomic E-state index is 13.3. The Morgan fingerprint density at radius 2 is 2.00 bits per heavy atom. The van der Waals surface area contributed by atoms with E-state index in [1.165, 1.54) is 18.2 Å². The van der Waals surface area contributed by atoms with Crippen molar-refractivity contribution < 1.29 is 13.9 Å². The molecule has 0 amide bonds. The fourth-order valence-corrected chi connectivity index (χ4v) is 2.01. The summed E-state index contributed by atoms with van der Waals surface area (Å²) >= 11 is 0. The van der Waals surface area contributed by atoms with Gasteiger partial charge in [0.2, 0.25) is 0 Å². The van der Waals surface area contributed by atoms with Crippen molar-refractivity contribution >= 4 is 0 Å². The Labute approximate surface area is 98.8 Å². The number of aliphatic hydroxyl groups is 1. The zero-order valence-corrected chi connectivity index (χ0v) is 9.42. The van der Waals surface area contributed by atoms with E-state index in [-0.39, 0.29) is 24.1 Å². The SMILES string of the molecule is OC1CNCC1CNCc1c(F)cccc1F. The first kappa shape index (κ1) is 12.4. The molecule has 94 valence electrons. The van der Waals surface area contributed by atoms with Gasteiger partial charge < -0.3 is 15.7 Å². The lowest BCUT2D eigenvalue weighted by atomic mass is 10.1. The van der Waals surface area contributed by atoms with E-state index in [9.17, 15) is 13.9 Å². The summed E-state index contributed by atoms with van der Waals surface area (Å²) in [5.74, 6) is -0.977. The molecule has 17 heavy (non-hydrogen) atoms. The van der Waals surface area contributed by atoms with Gasteiger partial charge in [-0.15, -0.1) is 0 Å². The molecule has 2 rings (SSSR count). The van der Waals surface area contributed by atoms with Crippen LogP contribution in [0, 0.1) is 17.6 Å². The second kappa shape index (κ2) is 5.53. The van der Waals surface area contributed by atoms with Crippen molar-refractivity contribution in [2.75, 3.05) is 19.6 Å². The average Bonchev–Trinajstić information content (AvgIpc) is 2.69. The molecule has 0 aromatic heterocycles. The third-order valence-corrected chi connectivity index (χ3v) is 3.07. The van der Waals surface area contributed by atoms with Crippen LogP contribution in [0.4, 0.5) is 8.78 Å². The monoisotopic (exact) mass is 242 g/mol. The van der Waals surface area contributed by atoms with Gasteiger partial charge in [-0.25, -0.2) is 8.78 Å². The molecule has 0 bridgehead atoms. The van der Waals surface area contributed by atoms with Crippen LogP contribution in [-0.2, 0) is 6.54 Å². The van der Waals surface area contributed by atoms with Crippen molar-refractivity contribution in [3.63, 3.8) is 0 Å². The standard InChI is InChI=1S/C12H16F2N2O/c13-10-2-1-3-11(14)9(10)6-15-4-8-5-16-7-12(8)17/h1-3,8,12,15-17H,4-7H2. The van der Waals surface area contributed by atoms with Crippen molar-refractivity contribution in [3.05, 3.63) is 35.4 Å². The molecule has 1 fully saturated rings. The van der Waals surface area contributed by atoms with Gasteiger partial charge in [0.25, 0.3) is 0 Å². The van der Waals surface area contributed by atoms with Crippen LogP contribution in [0.2, 0.25) is 0 Å². The van der Waals surface area contributed by atoms with Crippen LogP contribution in [0.1, 0.15) is 5.56 Å². The molecule has 1 aromatic rings. The Morgan fingerprint density at radius 3 is 2.59 bits per heavy atom. The largest absolute Gasteiger partial charge is 0.391 e. The summed E-state index contributed by atoms with van der Waals surface area (Å²) in [7, 11) is 0. The highest BCUT2D eigenvalue weighted by molar-refractivity contribution is 5.19. The average molecular weight is 242 g/mol. The minimum Gasteiger partial charge on any atom is -0.391 e. The number of nitrogens with one attached hydrogen (secondary N) is 2. The molecule has 1 aliphatic rings. The third kappa shape index (κ3) is 3.00. The molecule has 0 aliphatic carbocycles. The first-order valence-electron chi connectivity index (χ1n) is 5.71. The van der Waals surface area contributed by atoms with Gasteiger partial charge in [-0.2, -0.15) is 0 Å². The lowest BCUT2D eigenvalue weighted by Gasteiger charge is -2.14. The molecule has 1 aliphatic heterocycles. The predicted molar refractivity (Wildman–Crippen MR) is 60.4 cm³/mol. The zero-order valence-electron chi connectivity index (χ0n) is 9.42. The van der Waals surface area contributed by atoms with Crippen molar-refractivity contribution in [1.82, 2.24) is 10.6 Å². The molecular formula is C12H16F2N2O. The first-order valence-corrected chi connectivity index (χ1v) is 5.71. The van der Waals surface area contributed by atoms with E-state index in [1.54, 1.807) is 0 Å². The highest BCUT2D eigenvalue weighted by Gasteiger charge is 2.24. The highest BCUT2D eigenvalue weighted by atomic mass is 19.1. The quantitative estimate of drug-likeness (QED) is 0.726. The van der Waals surface area contributed by atoms with Crippen LogP contribution < -0.4 is 10.6 Å². The molecule has 3 nitrogen and oxygen atoms in total. The van der Waals surface area contributed by atoms with Crippen molar-refractivity contribution in [3.8, 4) is 0 Å². The van der Waals surface area contributed by atoms with Gasteiger partial charge in [-0.1, -0.05) is 6.07 Å². The van der Waals surface area contributed by atoms with Crippen molar-refractivity contribution in [2.45, 2.75) is 12.6 Å². The molecule has 3 N–H and O–H groups in total. The normalized spacial score (nSPS) is 24.2. The second-order valence-corrected chi connectivity index (χ2v) is 4.32. The van der Waals surface area contributed by atoms with E-state index in [0.717, 1.165) is 6.54 Å². The van der Waals surface area contributed by atoms with Crippen molar-refractivity contribution in [1.29, 1.82) is 0 Å². The van der Waals surface area contributed by atoms with E-state index in [0.29, 0.717) is 13.1 Å². The van der Waals surface area contributed by atoms with Crippen LogP contribution >= 0.6 is 0 Å². The number of rotatable bonds is 4. The van der Waals surface area contributed by atoms with Crippen LogP contribution in [0.5, 0.6) is 0 Å². The Morgan fingerprint density at radius 1 is 1.29 bits per heavy atom. The number of halogens is 2. The minimum atomic E-state index is -0.539. The summed E-state index contributed by atoms with van der Waals surface area (Å²) in [5.41, 5.74) is 0.0490. The van der Waals surface area contributed by atoms with E-state index in [4.69, 9.17) is 0 Å². The molecule has 5 heteroatoms.